The maximum Gasteiger partial charge on any atom is 0.307 e. The summed E-state index contributed by atoms with van der Waals surface area (Å²) < 4.78 is 30.2. The summed E-state index contributed by atoms with van der Waals surface area (Å²) in [5, 5.41) is 4.03. The summed E-state index contributed by atoms with van der Waals surface area (Å²) in [5.41, 5.74) is 7.68. The van der Waals surface area contributed by atoms with Crippen molar-refractivity contribution in [2.75, 3.05) is 6.79 Å². The fraction of sp³-hybridized carbons (Fsp3) is 0.152. The Bertz CT molecular complexity index is 1700. The number of nitrogens with zero attached hydrogens (tertiary/aromatic N) is 2. The minimum Gasteiger partial charge on any atom is -0.489 e. The number of furan rings is 1. The minimum atomic E-state index is -0.456. The fourth-order valence-corrected chi connectivity index (χ4v) is 4.57. The van der Waals surface area contributed by atoms with E-state index in [2.05, 4.69) is 41.1 Å². The van der Waals surface area contributed by atoms with Gasteiger partial charge < -0.3 is 27.9 Å². The Labute approximate surface area is 242 Å². The molecular weight excluding hydrogens is 534 g/mol. The zero-order chi connectivity index (χ0) is 28.9. The van der Waals surface area contributed by atoms with Crippen LogP contribution in [0.3, 0.4) is 0 Å². The molecule has 1 N–H and O–H groups in total. The number of nitrogens with one attached hydrogen (secondary N) is 1. The maximum atomic E-state index is 12.5. The molecule has 0 saturated carbocycles. The van der Waals surface area contributed by atoms with Crippen LogP contribution in [0.5, 0.6) is 23.0 Å². The highest BCUT2D eigenvalue weighted by atomic mass is 16.7. The first-order chi connectivity index (χ1) is 20.5. The average Bonchev–Trinajstić information content (AvgIpc) is 3.76. The molecule has 0 fully saturated rings. The third kappa shape index (κ3) is 6.15. The molecule has 0 radical (unpaired) electrons. The molecule has 0 unspecified atom stereocenters. The van der Waals surface area contributed by atoms with Crippen molar-refractivity contribution < 1.29 is 28.2 Å². The Morgan fingerprint density at radius 3 is 2.29 bits per heavy atom. The van der Waals surface area contributed by atoms with Gasteiger partial charge in [0.1, 0.15) is 30.5 Å². The quantitative estimate of drug-likeness (QED) is 0.157. The largest absolute Gasteiger partial charge is 0.489 e. The van der Waals surface area contributed by atoms with Crippen LogP contribution in [0, 0.1) is 13.8 Å². The molecule has 9 heteroatoms. The lowest BCUT2D eigenvalue weighted by atomic mass is 10.2. The van der Waals surface area contributed by atoms with Crippen molar-refractivity contribution in [1.29, 1.82) is 0 Å². The summed E-state index contributed by atoms with van der Waals surface area (Å²) in [6, 6.07) is 28.4. The maximum absolute atomic E-state index is 12.5. The molecule has 9 nitrogen and oxygen atoms in total. The van der Waals surface area contributed by atoms with E-state index < -0.39 is 5.91 Å². The van der Waals surface area contributed by atoms with E-state index in [1.807, 2.05) is 66.7 Å². The number of hydrogen-bond acceptors (Lipinski definition) is 7. The fourth-order valence-electron chi connectivity index (χ4n) is 4.57. The molecule has 6 rings (SSSR count). The van der Waals surface area contributed by atoms with Crippen molar-refractivity contribution in [1.82, 2.24) is 9.99 Å². The summed E-state index contributed by atoms with van der Waals surface area (Å²) in [6.07, 6.45) is 1.55. The highest BCUT2D eigenvalue weighted by Crippen LogP contribution is 2.32. The van der Waals surface area contributed by atoms with Gasteiger partial charge in [-0.3, -0.25) is 4.79 Å². The van der Waals surface area contributed by atoms with Crippen LogP contribution in [0.15, 0.2) is 101 Å². The Morgan fingerprint density at radius 1 is 0.833 bits per heavy atom. The van der Waals surface area contributed by atoms with Gasteiger partial charge >= 0.3 is 5.91 Å². The highest BCUT2D eigenvalue weighted by molar-refractivity contribution is 5.92. The predicted octanol–water partition coefficient (Wildman–Crippen LogP) is 6.34. The number of hydrogen-bond donors (Lipinski definition) is 1. The number of fused-ring (bicyclic) bond motifs is 1. The van der Waals surface area contributed by atoms with Gasteiger partial charge in [-0.2, -0.15) is 5.10 Å². The first-order valence-corrected chi connectivity index (χ1v) is 13.4. The summed E-state index contributed by atoms with van der Waals surface area (Å²) in [5.74, 6) is 3.10. The monoisotopic (exact) mass is 563 g/mol. The van der Waals surface area contributed by atoms with Gasteiger partial charge in [-0.25, -0.2) is 5.43 Å². The Kier molecular flexibility index (Phi) is 7.63. The minimum absolute atomic E-state index is 0.145. The molecule has 1 amide bonds. The lowest BCUT2D eigenvalue weighted by Gasteiger charge is -2.10. The smallest absolute Gasteiger partial charge is 0.307 e. The van der Waals surface area contributed by atoms with Crippen LogP contribution in [0.4, 0.5) is 0 Å². The van der Waals surface area contributed by atoms with Crippen molar-refractivity contribution in [3.05, 3.63) is 125 Å². The first-order valence-electron chi connectivity index (χ1n) is 13.4. The van der Waals surface area contributed by atoms with Gasteiger partial charge in [0.2, 0.25) is 6.79 Å². The normalized spacial score (nSPS) is 12.0. The molecule has 0 bridgehead atoms. The summed E-state index contributed by atoms with van der Waals surface area (Å²) in [7, 11) is 0. The van der Waals surface area contributed by atoms with Crippen LogP contribution >= 0.6 is 0 Å². The number of aromatic nitrogens is 1. The molecule has 212 valence electrons. The second kappa shape index (κ2) is 12.0. The molecule has 0 saturated heterocycles. The van der Waals surface area contributed by atoms with E-state index in [0.29, 0.717) is 23.9 Å². The molecule has 5 aromatic rings. The summed E-state index contributed by atoms with van der Waals surface area (Å²) in [6.45, 7) is 4.99. The Morgan fingerprint density at radius 2 is 1.52 bits per heavy atom. The van der Waals surface area contributed by atoms with E-state index in [1.165, 1.54) is 11.4 Å². The average molecular weight is 564 g/mol. The zero-order valence-electron chi connectivity index (χ0n) is 23.2. The number of carbonyl (C=O) groups excluding carboxylic acids is 1. The molecule has 1 aliphatic rings. The van der Waals surface area contributed by atoms with E-state index in [4.69, 9.17) is 23.4 Å². The third-order valence-electron chi connectivity index (χ3n) is 6.73. The lowest BCUT2D eigenvalue weighted by molar-refractivity contribution is 0.0923. The van der Waals surface area contributed by atoms with Gasteiger partial charge in [0.05, 0.1) is 6.21 Å². The lowest BCUT2D eigenvalue weighted by Crippen LogP contribution is -2.16. The van der Waals surface area contributed by atoms with E-state index in [0.717, 1.165) is 28.3 Å². The number of aryl methyl sites for hydroxylation is 2. The van der Waals surface area contributed by atoms with Crippen molar-refractivity contribution in [3.63, 3.8) is 0 Å². The molecule has 0 spiro atoms. The van der Waals surface area contributed by atoms with Crippen molar-refractivity contribution in [2.45, 2.75) is 27.1 Å². The van der Waals surface area contributed by atoms with Gasteiger partial charge in [0.15, 0.2) is 17.3 Å². The van der Waals surface area contributed by atoms with Gasteiger partial charge in [-0.1, -0.05) is 6.07 Å². The molecule has 0 aliphatic carbocycles. The van der Waals surface area contributed by atoms with Gasteiger partial charge in [-0.15, -0.1) is 0 Å². The molecule has 3 heterocycles. The molecule has 2 aromatic heterocycles. The van der Waals surface area contributed by atoms with E-state index in [9.17, 15) is 4.79 Å². The Hall–Kier alpha value is -5.44. The van der Waals surface area contributed by atoms with Crippen LogP contribution < -0.4 is 24.4 Å². The SMILES string of the molecule is Cc1ccc(C)n1-c1ccc(OCc2ccc(C(=O)N/N=C/c3ccc(OCc4ccc5c(c4)OCO5)cc3)o2)cc1. The van der Waals surface area contributed by atoms with Crippen LogP contribution in [-0.4, -0.2) is 23.5 Å². The van der Waals surface area contributed by atoms with Gasteiger partial charge in [0.25, 0.3) is 0 Å². The summed E-state index contributed by atoms with van der Waals surface area (Å²) >= 11 is 0. The van der Waals surface area contributed by atoms with Crippen molar-refractivity contribution in [3.8, 4) is 28.7 Å². The highest BCUT2D eigenvalue weighted by Gasteiger charge is 2.14. The molecule has 42 heavy (non-hydrogen) atoms. The van der Waals surface area contributed by atoms with E-state index in [-0.39, 0.29) is 19.2 Å². The first kappa shape index (κ1) is 26.8. The Balaban J connectivity index is 0.958. The summed E-state index contributed by atoms with van der Waals surface area (Å²) in [4.78, 5) is 12.5. The van der Waals surface area contributed by atoms with Crippen LogP contribution in [0.2, 0.25) is 0 Å². The van der Waals surface area contributed by atoms with Crippen molar-refractivity contribution >= 4 is 12.1 Å². The van der Waals surface area contributed by atoms with E-state index >= 15 is 0 Å². The topological polar surface area (TPSA) is 96.5 Å². The molecule has 3 aromatic carbocycles. The number of benzene rings is 3. The molecule has 1 aliphatic heterocycles. The standard InChI is InChI=1S/C33H29N3O6/c1-22-3-4-23(2)36(22)26-8-12-28(13-9-26)39-20-29-14-16-31(42-29)33(37)35-34-18-24-5-10-27(11-6-24)38-19-25-7-15-30-32(17-25)41-21-40-30/h3-18H,19-21H2,1-2H3,(H,35,37)/b34-18+. The number of rotatable bonds is 10. The van der Waals surface area contributed by atoms with Crippen LogP contribution in [-0.2, 0) is 13.2 Å². The van der Waals surface area contributed by atoms with Gasteiger partial charge in [0, 0.05) is 17.1 Å². The number of amides is 1. The third-order valence-corrected chi connectivity index (χ3v) is 6.73. The van der Waals surface area contributed by atoms with Crippen LogP contribution in [0.1, 0.15) is 38.8 Å². The number of ether oxygens (including phenoxy) is 4. The number of carbonyl (C=O) groups is 1. The second-order valence-electron chi connectivity index (χ2n) is 9.74. The van der Waals surface area contributed by atoms with Gasteiger partial charge in [-0.05, 0) is 110 Å². The van der Waals surface area contributed by atoms with Crippen LogP contribution in [0.25, 0.3) is 5.69 Å². The molecule has 0 atom stereocenters. The van der Waals surface area contributed by atoms with E-state index in [1.54, 1.807) is 18.3 Å². The molecular formula is C33H29N3O6. The zero-order valence-corrected chi connectivity index (χ0v) is 23.2. The predicted molar refractivity (Wildman–Crippen MR) is 157 cm³/mol. The second-order valence-corrected chi connectivity index (χ2v) is 9.74. The van der Waals surface area contributed by atoms with Crippen molar-refractivity contribution in [2.24, 2.45) is 5.10 Å². The number of hydrazone groups is 1.